The van der Waals surface area contributed by atoms with Gasteiger partial charge in [-0.3, -0.25) is 0 Å². The van der Waals surface area contributed by atoms with Crippen molar-refractivity contribution in [1.82, 2.24) is 10.3 Å². The summed E-state index contributed by atoms with van der Waals surface area (Å²) in [5, 5.41) is 4.41. The number of hydrogen-bond donors (Lipinski definition) is 2. The van der Waals surface area contributed by atoms with E-state index in [4.69, 9.17) is 4.74 Å². The molecule has 1 aromatic heterocycles. The molecule has 1 aromatic carbocycles. The summed E-state index contributed by atoms with van der Waals surface area (Å²) < 4.78 is 5.33. The molecule has 0 bridgehead atoms. The molecule has 3 rings (SSSR count). The largest absolute Gasteiger partial charge is 0.495 e. The van der Waals surface area contributed by atoms with Crippen LogP contribution in [0.15, 0.2) is 24.4 Å². The Morgan fingerprint density at radius 3 is 3.13 bits per heavy atom. The van der Waals surface area contributed by atoms with Crippen molar-refractivity contribution in [3.05, 3.63) is 35.7 Å². The quantitative estimate of drug-likeness (QED) is 0.740. The number of fused-ring (bicyclic) bond motifs is 3. The van der Waals surface area contributed by atoms with E-state index in [9.17, 15) is 0 Å². The van der Waals surface area contributed by atoms with Gasteiger partial charge in [0.2, 0.25) is 0 Å². The minimum Gasteiger partial charge on any atom is -0.495 e. The first kappa shape index (κ1) is 8.41. The summed E-state index contributed by atoms with van der Waals surface area (Å²) in [6.07, 6.45) is 4.08. The van der Waals surface area contributed by atoms with Gasteiger partial charge < -0.3 is 15.0 Å². The van der Waals surface area contributed by atoms with E-state index in [-0.39, 0.29) is 0 Å². The number of H-pyrrole nitrogens is 1. The molecule has 0 saturated carbocycles. The number of hydrogen-bond acceptors (Lipinski definition) is 2. The molecule has 0 aliphatic carbocycles. The number of nitrogens with one attached hydrogen (secondary N) is 2. The van der Waals surface area contributed by atoms with Crippen molar-refractivity contribution in [2.75, 3.05) is 7.11 Å². The van der Waals surface area contributed by atoms with E-state index < -0.39 is 0 Å². The van der Waals surface area contributed by atoms with Crippen molar-refractivity contribution in [2.24, 2.45) is 0 Å². The number of benzene rings is 1. The molecule has 0 radical (unpaired) electrons. The van der Waals surface area contributed by atoms with Gasteiger partial charge in [-0.1, -0.05) is 12.1 Å². The third kappa shape index (κ3) is 1.13. The lowest BCUT2D eigenvalue weighted by molar-refractivity contribution is 0.419. The van der Waals surface area contributed by atoms with E-state index in [2.05, 4.69) is 22.4 Å². The second-order valence-electron chi connectivity index (χ2n) is 3.61. The Labute approximate surface area is 87.7 Å². The van der Waals surface area contributed by atoms with Crippen LogP contribution in [-0.4, -0.2) is 12.1 Å². The van der Waals surface area contributed by atoms with Crippen LogP contribution in [0.5, 0.6) is 5.75 Å². The molecular formula is C12H12N2O. The zero-order valence-corrected chi connectivity index (χ0v) is 8.50. The smallest absolute Gasteiger partial charge is 0.142 e. The van der Waals surface area contributed by atoms with E-state index >= 15 is 0 Å². The monoisotopic (exact) mass is 200 g/mol. The standard InChI is InChI=1S/C12H12N2O/c1-15-11-4-2-3-9-8-5-6-13-7-10(8)14-12(9)11/h2-6,13-14H,7H2,1H3. The highest BCUT2D eigenvalue weighted by molar-refractivity contribution is 5.94. The summed E-state index contributed by atoms with van der Waals surface area (Å²) in [6.45, 7) is 0.851. The molecule has 2 heterocycles. The Morgan fingerprint density at radius 2 is 2.27 bits per heavy atom. The van der Waals surface area contributed by atoms with Gasteiger partial charge in [-0.25, -0.2) is 0 Å². The lowest BCUT2D eigenvalue weighted by atomic mass is 10.1. The maximum absolute atomic E-state index is 5.33. The third-order valence-corrected chi connectivity index (χ3v) is 2.78. The molecule has 0 amide bonds. The summed E-state index contributed by atoms with van der Waals surface area (Å²) in [4.78, 5) is 3.40. The van der Waals surface area contributed by atoms with Gasteiger partial charge in [-0.15, -0.1) is 0 Å². The maximum atomic E-state index is 5.33. The number of rotatable bonds is 1. The average Bonchev–Trinajstić information content (AvgIpc) is 2.67. The highest BCUT2D eigenvalue weighted by atomic mass is 16.5. The fraction of sp³-hybridized carbons (Fsp3) is 0.167. The molecule has 2 N–H and O–H groups in total. The lowest BCUT2D eigenvalue weighted by Gasteiger charge is -2.06. The topological polar surface area (TPSA) is 37.0 Å². The number of aromatic amines is 1. The van der Waals surface area contributed by atoms with Crippen LogP contribution in [0.2, 0.25) is 0 Å². The molecule has 0 spiro atoms. The van der Waals surface area contributed by atoms with Crippen LogP contribution in [0.25, 0.3) is 17.0 Å². The molecule has 1 aliphatic rings. The van der Waals surface area contributed by atoms with Gasteiger partial charge in [0.25, 0.3) is 0 Å². The maximum Gasteiger partial charge on any atom is 0.142 e. The first-order valence-corrected chi connectivity index (χ1v) is 4.97. The molecule has 0 fully saturated rings. The Morgan fingerprint density at radius 1 is 1.33 bits per heavy atom. The molecule has 2 aromatic rings. The summed E-state index contributed by atoms with van der Waals surface area (Å²) in [6, 6.07) is 6.11. The van der Waals surface area contributed by atoms with Crippen LogP contribution in [0.4, 0.5) is 0 Å². The van der Waals surface area contributed by atoms with Gasteiger partial charge in [0.1, 0.15) is 5.75 Å². The average molecular weight is 200 g/mol. The minimum absolute atomic E-state index is 0.851. The van der Waals surface area contributed by atoms with Crippen LogP contribution in [0.3, 0.4) is 0 Å². The molecule has 1 aliphatic heterocycles. The van der Waals surface area contributed by atoms with Gasteiger partial charge in [-0.05, 0) is 18.3 Å². The summed E-state index contributed by atoms with van der Waals surface area (Å²) >= 11 is 0. The van der Waals surface area contributed by atoms with E-state index in [0.29, 0.717) is 0 Å². The first-order valence-electron chi connectivity index (χ1n) is 4.97. The third-order valence-electron chi connectivity index (χ3n) is 2.78. The second kappa shape index (κ2) is 3.05. The van der Waals surface area contributed by atoms with Crippen molar-refractivity contribution >= 4 is 17.0 Å². The Hall–Kier alpha value is -1.90. The Bertz CT molecular complexity index is 540. The molecule has 76 valence electrons. The number of aromatic nitrogens is 1. The van der Waals surface area contributed by atoms with Crippen molar-refractivity contribution < 1.29 is 4.74 Å². The molecule has 3 heteroatoms. The molecule has 0 saturated heterocycles. The molecule has 0 atom stereocenters. The highest BCUT2D eigenvalue weighted by Crippen LogP contribution is 2.31. The van der Waals surface area contributed by atoms with Crippen molar-refractivity contribution in [3.63, 3.8) is 0 Å². The summed E-state index contributed by atoms with van der Waals surface area (Å²) in [5.41, 5.74) is 3.57. The lowest BCUT2D eigenvalue weighted by Crippen LogP contribution is -2.09. The van der Waals surface area contributed by atoms with Crippen LogP contribution in [0.1, 0.15) is 11.3 Å². The van der Waals surface area contributed by atoms with Gasteiger partial charge in [0.05, 0.1) is 19.2 Å². The van der Waals surface area contributed by atoms with Crippen molar-refractivity contribution in [3.8, 4) is 5.75 Å². The molecule has 15 heavy (non-hydrogen) atoms. The molecular weight excluding hydrogens is 188 g/mol. The SMILES string of the molecule is COc1cccc2c3c([nH]c12)CNC=C3. The van der Waals surface area contributed by atoms with Crippen LogP contribution in [-0.2, 0) is 6.54 Å². The number of methoxy groups -OCH3 is 1. The Balaban J connectivity index is 2.37. The summed E-state index contributed by atoms with van der Waals surface area (Å²) in [7, 11) is 1.70. The van der Waals surface area contributed by atoms with Crippen molar-refractivity contribution in [2.45, 2.75) is 6.54 Å². The van der Waals surface area contributed by atoms with E-state index in [1.807, 2.05) is 18.3 Å². The minimum atomic E-state index is 0.851. The molecule has 3 nitrogen and oxygen atoms in total. The van der Waals surface area contributed by atoms with Gasteiger partial charge >= 0.3 is 0 Å². The highest BCUT2D eigenvalue weighted by Gasteiger charge is 2.13. The second-order valence-corrected chi connectivity index (χ2v) is 3.61. The molecule has 0 unspecified atom stereocenters. The summed E-state index contributed by atoms with van der Waals surface area (Å²) in [5.74, 6) is 0.898. The van der Waals surface area contributed by atoms with Crippen molar-refractivity contribution in [1.29, 1.82) is 0 Å². The van der Waals surface area contributed by atoms with E-state index in [1.165, 1.54) is 16.6 Å². The Kier molecular flexibility index (Phi) is 1.71. The van der Waals surface area contributed by atoms with E-state index in [1.54, 1.807) is 7.11 Å². The fourth-order valence-corrected chi connectivity index (χ4v) is 2.07. The fourth-order valence-electron chi connectivity index (χ4n) is 2.07. The zero-order chi connectivity index (χ0) is 10.3. The first-order chi connectivity index (χ1) is 7.40. The normalized spacial score (nSPS) is 13.7. The van der Waals surface area contributed by atoms with E-state index in [0.717, 1.165) is 17.8 Å². The number of ether oxygens (including phenoxy) is 1. The van der Waals surface area contributed by atoms with Crippen LogP contribution in [0, 0.1) is 0 Å². The van der Waals surface area contributed by atoms with Gasteiger partial charge in [-0.2, -0.15) is 0 Å². The van der Waals surface area contributed by atoms with Gasteiger partial charge in [0, 0.05) is 16.6 Å². The zero-order valence-electron chi connectivity index (χ0n) is 8.50. The van der Waals surface area contributed by atoms with Crippen LogP contribution >= 0.6 is 0 Å². The predicted molar refractivity (Wildman–Crippen MR) is 60.7 cm³/mol. The van der Waals surface area contributed by atoms with Gasteiger partial charge in [0.15, 0.2) is 0 Å². The predicted octanol–water partition coefficient (Wildman–Crippen LogP) is 2.25. The number of para-hydroxylation sites is 1. The van der Waals surface area contributed by atoms with Crippen LogP contribution < -0.4 is 10.1 Å².